The molecule has 2 amide bonds. The molecule has 0 aliphatic carbocycles. The summed E-state index contributed by atoms with van der Waals surface area (Å²) in [6.07, 6.45) is 5.71. The van der Waals surface area contributed by atoms with Crippen molar-refractivity contribution in [3.8, 4) is 0 Å². The van der Waals surface area contributed by atoms with E-state index in [1.165, 1.54) is 17.3 Å². The SMILES string of the molecule is CCCCC(=O)N1CCN(c2cc(Cl)nc(SCC(=O)N3CCC(Cc4ccccc4)CC3)n2)CC1C. The van der Waals surface area contributed by atoms with E-state index in [9.17, 15) is 9.59 Å². The topological polar surface area (TPSA) is 69.6 Å². The van der Waals surface area contributed by atoms with Crippen LogP contribution in [0.15, 0.2) is 41.6 Å². The molecule has 37 heavy (non-hydrogen) atoms. The second-order valence-electron chi connectivity index (χ2n) is 10.1. The Labute approximate surface area is 230 Å². The van der Waals surface area contributed by atoms with E-state index in [0.717, 1.165) is 51.0 Å². The summed E-state index contributed by atoms with van der Waals surface area (Å²) in [5, 5.41) is 0.889. The summed E-state index contributed by atoms with van der Waals surface area (Å²) in [6, 6.07) is 12.5. The third-order valence-corrected chi connectivity index (χ3v) is 8.36. The van der Waals surface area contributed by atoms with Gasteiger partial charge in [0, 0.05) is 51.3 Å². The number of benzene rings is 1. The van der Waals surface area contributed by atoms with Gasteiger partial charge in [0.05, 0.1) is 5.75 Å². The Bertz CT molecular complexity index is 1050. The molecule has 0 bridgehead atoms. The number of nitrogens with zero attached hydrogens (tertiary/aromatic N) is 5. The van der Waals surface area contributed by atoms with Crippen LogP contribution >= 0.6 is 23.4 Å². The highest BCUT2D eigenvalue weighted by atomic mass is 35.5. The predicted molar refractivity (Wildman–Crippen MR) is 150 cm³/mol. The molecular weight excluding hydrogens is 506 g/mol. The number of hydrogen-bond acceptors (Lipinski definition) is 6. The fourth-order valence-electron chi connectivity index (χ4n) is 5.17. The third kappa shape index (κ3) is 7.84. The first kappa shape index (κ1) is 27.7. The van der Waals surface area contributed by atoms with E-state index < -0.39 is 0 Å². The molecule has 0 spiro atoms. The van der Waals surface area contributed by atoms with Crippen LogP contribution in [0.5, 0.6) is 0 Å². The van der Waals surface area contributed by atoms with Gasteiger partial charge in [-0.25, -0.2) is 9.97 Å². The summed E-state index contributed by atoms with van der Waals surface area (Å²) in [7, 11) is 0. The van der Waals surface area contributed by atoms with Crippen LogP contribution in [0, 0.1) is 5.92 Å². The molecule has 1 atom stereocenters. The van der Waals surface area contributed by atoms with E-state index in [2.05, 4.69) is 48.0 Å². The van der Waals surface area contributed by atoms with Gasteiger partial charge in [0.1, 0.15) is 11.0 Å². The molecule has 2 fully saturated rings. The Balaban J connectivity index is 1.26. The molecule has 0 saturated carbocycles. The van der Waals surface area contributed by atoms with Crippen molar-refractivity contribution in [2.24, 2.45) is 5.92 Å². The number of aromatic nitrogens is 2. The Kier molecular flexibility index (Phi) is 10.1. The lowest BCUT2D eigenvalue weighted by molar-refractivity contribution is -0.133. The zero-order valence-electron chi connectivity index (χ0n) is 21.9. The van der Waals surface area contributed by atoms with Crippen molar-refractivity contribution in [3.63, 3.8) is 0 Å². The summed E-state index contributed by atoms with van der Waals surface area (Å²) in [5.74, 6) is 2.04. The Hall–Kier alpha value is -2.32. The molecule has 7 nitrogen and oxygen atoms in total. The van der Waals surface area contributed by atoms with Crippen LogP contribution in [0.3, 0.4) is 0 Å². The molecule has 2 aromatic rings. The minimum Gasteiger partial charge on any atom is -0.353 e. The second kappa shape index (κ2) is 13.5. The van der Waals surface area contributed by atoms with E-state index >= 15 is 0 Å². The molecule has 200 valence electrons. The molecule has 0 N–H and O–H groups in total. The van der Waals surface area contributed by atoms with Crippen molar-refractivity contribution in [1.82, 2.24) is 19.8 Å². The molecule has 1 unspecified atom stereocenters. The average molecular weight is 544 g/mol. The highest BCUT2D eigenvalue weighted by Crippen LogP contribution is 2.26. The first-order valence-corrected chi connectivity index (χ1v) is 14.8. The lowest BCUT2D eigenvalue weighted by Gasteiger charge is -2.40. The Morgan fingerprint density at radius 1 is 1.05 bits per heavy atom. The number of hydrogen-bond donors (Lipinski definition) is 0. The first-order chi connectivity index (χ1) is 17.9. The Morgan fingerprint density at radius 2 is 1.81 bits per heavy atom. The minimum atomic E-state index is 0.106. The molecule has 9 heteroatoms. The van der Waals surface area contributed by atoms with Gasteiger partial charge >= 0.3 is 0 Å². The smallest absolute Gasteiger partial charge is 0.233 e. The van der Waals surface area contributed by atoms with Crippen molar-refractivity contribution in [3.05, 3.63) is 47.1 Å². The summed E-state index contributed by atoms with van der Waals surface area (Å²) in [6.45, 7) is 7.87. The van der Waals surface area contributed by atoms with Crippen LogP contribution in [0.2, 0.25) is 5.15 Å². The van der Waals surface area contributed by atoms with Crippen LogP contribution in [0.4, 0.5) is 5.82 Å². The van der Waals surface area contributed by atoms with Gasteiger partial charge in [-0.1, -0.05) is 67.0 Å². The quantitative estimate of drug-likeness (QED) is 0.254. The number of anilines is 1. The summed E-state index contributed by atoms with van der Waals surface area (Å²) in [5.41, 5.74) is 1.37. The van der Waals surface area contributed by atoms with Gasteiger partial charge < -0.3 is 14.7 Å². The fraction of sp³-hybridized carbons (Fsp3) is 0.571. The van der Waals surface area contributed by atoms with Gasteiger partial charge in [0.2, 0.25) is 11.8 Å². The molecule has 4 rings (SSSR count). The van der Waals surface area contributed by atoms with Crippen LogP contribution in [0.25, 0.3) is 0 Å². The number of carbonyl (C=O) groups is 2. The molecule has 3 heterocycles. The average Bonchev–Trinajstić information content (AvgIpc) is 2.91. The number of carbonyl (C=O) groups excluding carboxylic acids is 2. The molecule has 2 aliphatic rings. The molecule has 1 aromatic carbocycles. The highest BCUT2D eigenvalue weighted by molar-refractivity contribution is 7.99. The van der Waals surface area contributed by atoms with Crippen molar-refractivity contribution >= 4 is 41.0 Å². The van der Waals surface area contributed by atoms with Gasteiger partial charge in [-0.2, -0.15) is 0 Å². The van der Waals surface area contributed by atoms with Crippen LogP contribution in [-0.2, 0) is 16.0 Å². The van der Waals surface area contributed by atoms with Crippen LogP contribution in [-0.4, -0.2) is 76.1 Å². The number of rotatable bonds is 9. The number of unbranched alkanes of at least 4 members (excludes halogenated alkanes) is 1. The van der Waals surface area contributed by atoms with Crippen molar-refractivity contribution in [2.45, 2.75) is 63.6 Å². The monoisotopic (exact) mass is 543 g/mol. The van der Waals surface area contributed by atoms with Crippen molar-refractivity contribution < 1.29 is 9.59 Å². The number of thioether (sulfide) groups is 1. The lowest BCUT2D eigenvalue weighted by Crippen LogP contribution is -2.54. The number of piperazine rings is 1. The molecule has 1 aromatic heterocycles. The summed E-state index contributed by atoms with van der Waals surface area (Å²) in [4.78, 5) is 40.6. The number of halogens is 1. The normalized spacial score (nSPS) is 18.8. The van der Waals surface area contributed by atoms with E-state index in [0.29, 0.717) is 48.0 Å². The van der Waals surface area contributed by atoms with Crippen LogP contribution in [0.1, 0.15) is 51.5 Å². The van der Waals surface area contributed by atoms with Gasteiger partial charge in [0.25, 0.3) is 0 Å². The van der Waals surface area contributed by atoms with Gasteiger partial charge in [-0.05, 0) is 44.1 Å². The summed E-state index contributed by atoms with van der Waals surface area (Å²) < 4.78 is 0. The highest BCUT2D eigenvalue weighted by Gasteiger charge is 2.28. The maximum Gasteiger partial charge on any atom is 0.233 e. The van der Waals surface area contributed by atoms with E-state index in [1.54, 1.807) is 6.07 Å². The molecule has 0 radical (unpaired) electrons. The van der Waals surface area contributed by atoms with Crippen LogP contribution < -0.4 is 4.90 Å². The zero-order chi connectivity index (χ0) is 26.2. The fourth-order valence-corrected chi connectivity index (χ4v) is 6.16. The standard InChI is InChI=1S/C28H38ClN5O2S/c1-3-4-10-26(35)34-16-15-33(19-21(34)2)25-18-24(29)30-28(31-25)37-20-27(36)32-13-11-23(12-14-32)17-22-8-6-5-7-9-22/h5-9,18,21,23H,3-4,10-17,19-20H2,1-2H3. The van der Waals surface area contributed by atoms with E-state index in [-0.39, 0.29) is 17.9 Å². The number of piperidine rings is 1. The van der Waals surface area contributed by atoms with Crippen molar-refractivity contribution in [2.75, 3.05) is 43.4 Å². The number of amides is 2. The third-order valence-electron chi connectivity index (χ3n) is 7.34. The van der Waals surface area contributed by atoms with E-state index in [4.69, 9.17) is 16.6 Å². The molecular formula is C28H38ClN5O2S. The first-order valence-electron chi connectivity index (χ1n) is 13.5. The maximum atomic E-state index is 12.9. The van der Waals surface area contributed by atoms with Gasteiger partial charge in [-0.15, -0.1) is 0 Å². The zero-order valence-corrected chi connectivity index (χ0v) is 23.5. The Morgan fingerprint density at radius 3 is 2.51 bits per heavy atom. The van der Waals surface area contributed by atoms with Crippen molar-refractivity contribution in [1.29, 1.82) is 0 Å². The van der Waals surface area contributed by atoms with Gasteiger partial charge in [-0.3, -0.25) is 9.59 Å². The predicted octanol–water partition coefficient (Wildman–Crippen LogP) is 4.93. The minimum absolute atomic E-state index is 0.106. The second-order valence-corrected chi connectivity index (χ2v) is 11.4. The maximum absolute atomic E-state index is 12.9. The molecule has 2 aliphatic heterocycles. The van der Waals surface area contributed by atoms with E-state index in [1.807, 2.05) is 15.9 Å². The molecule has 2 saturated heterocycles. The largest absolute Gasteiger partial charge is 0.353 e. The van der Waals surface area contributed by atoms with Gasteiger partial charge in [0.15, 0.2) is 5.16 Å². The number of likely N-dealkylation sites (tertiary alicyclic amines) is 1. The lowest BCUT2D eigenvalue weighted by atomic mass is 9.90. The summed E-state index contributed by atoms with van der Waals surface area (Å²) >= 11 is 7.68.